The van der Waals surface area contributed by atoms with Crippen molar-refractivity contribution in [2.45, 2.75) is 19.3 Å². The summed E-state index contributed by atoms with van der Waals surface area (Å²) in [6, 6.07) is 5.45. The molecule has 0 aromatic heterocycles. The molecule has 0 saturated carbocycles. The molecule has 0 aliphatic carbocycles. The number of hydrogen-bond donors (Lipinski definition) is 2. The van der Waals surface area contributed by atoms with Gasteiger partial charge in [-0.25, -0.2) is 9.18 Å². The minimum Gasteiger partial charge on any atom is -0.481 e. The maximum absolute atomic E-state index is 13.0. The number of amides is 2. The number of aliphatic carboxylic acids is 1. The van der Waals surface area contributed by atoms with Crippen LogP contribution < -0.4 is 5.32 Å². The first kappa shape index (κ1) is 14.3. The third-order valence-corrected chi connectivity index (χ3v) is 3.44. The van der Waals surface area contributed by atoms with Gasteiger partial charge in [0.2, 0.25) is 0 Å². The molecule has 1 saturated heterocycles. The SMILES string of the molecule is O=C(O)CC1CCN(C(=O)Nc2cccc(F)c2)CC1. The molecular weight excluding hydrogens is 263 g/mol. The average molecular weight is 280 g/mol. The largest absolute Gasteiger partial charge is 0.481 e. The maximum atomic E-state index is 13.0. The Morgan fingerprint density at radius 1 is 1.35 bits per heavy atom. The van der Waals surface area contributed by atoms with Crippen LogP contribution in [0, 0.1) is 11.7 Å². The molecule has 1 aliphatic heterocycles. The predicted molar refractivity (Wildman–Crippen MR) is 72.0 cm³/mol. The number of carbonyl (C=O) groups excluding carboxylic acids is 1. The first-order valence-electron chi connectivity index (χ1n) is 6.58. The lowest BCUT2D eigenvalue weighted by atomic mass is 9.94. The van der Waals surface area contributed by atoms with E-state index in [0.29, 0.717) is 31.6 Å². The molecule has 20 heavy (non-hydrogen) atoms. The number of halogens is 1. The molecule has 0 spiro atoms. The quantitative estimate of drug-likeness (QED) is 0.894. The molecule has 0 radical (unpaired) electrons. The van der Waals surface area contributed by atoms with Gasteiger partial charge in [-0.15, -0.1) is 0 Å². The lowest BCUT2D eigenvalue weighted by Gasteiger charge is -2.31. The monoisotopic (exact) mass is 280 g/mol. The lowest BCUT2D eigenvalue weighted by Crippen LogP contribution is -2.41. The minimum absolute atomic E-state index is 0.130. The van der Waals surface area contributed by atoms with Gasteiger partial charge in [0.15, 0.2) is 0 Å². The molecular formula is C14H17FN2O3. The van der Waals surface area contributed by atoms with Crippen LogP contribution in [0.4, 0.5) is 14.9 Å². The summed E-state index contributed by atoms with van der Waals surface area (Å²) in [6.07, 6.45) is 1.52. The van der Waals surface area contributed by atoms with Crippen LogP contribution in [-0.2, 0) is 4.79 Å². The highest BCUT2D eigenvalue weighted by Gasteiger charge is 2.24. The van der Waals surface area contributed by atoms with E-state index in [0.717, 1.165) is 0 Å². The maximum Gasteiger partial charge on any atom is 0.321 e. The van der Waals surface area contributed by atoms with E-state index in [2.05, 4.69) is 5.32 Å². The van der Waals surface area contributed by atoms with Crippen LogP contribution in [0.15, 0.2) is 24.3 Å². The second-order valence-electron chi connectivity index (χ2n) is 4.97. The van der Waals surface area contributed by atoms with Crippen LogP contribution >= 0.6 is 0 Å². The van der Waals surface area contributed by atoms with E-state index in [4.69, 9.17) is 5.11 Å². The third kappa shape index (κ3) is 3.94. The number of hydrogen-bond acceptors (Lipinski definition) is 2. The number of carboxylic acids is 1. The Morgan fingerprint density at radius 2 is 2.05 bits per heavy atom. The van der Waals surface area contributed by atoms with E-state index in [9.17, 15) is 14.0 Å². The Hall–Kier alpha value is -2.11. The fourth-order valence-corrected chi connectivity index (χ4v) is 2.36. The number of anilines is 1. The molecule has 0 atom stereocenters. The molecule has 1 aromatic carbocycles. The highest BCUT2D eigenvalue weighted by molar-refractivity contribution is 5.89. The van der Waals surface area contributed by atoms with Crippen LogP contribution in [0.3, 0.4) is 0 Å². The van der Waals surface area contributed by atoms with Crippen molar-refractivity contribution in [3.05, 3.63) is 30.1 Å². The van der Waals surface area contributed by atoms with Crippen LogP contribution in [0.25, 0.3) is 0 Å². The lowest BCUT2D eigenvalue weighted by molar-refractivity contribution is -0.138. The molecule has 6 heteroatoms. The number of likely N-dealkylation sites (tertiary alicyclic amines) is 1. The second kappa shape index (κ2) is 6.36. The molecule has 1 aromatic rings. The van der Waals surface area contributed by atoms with E-state index in [1.807, 2.05) is 0 Å². The van der Waals surface area contributed by atoms with Crippen molar-refractivity contribution in [1.29, 1.82) is 0 Å². The fraction of sp³-hybridized carbons (Fsp3) is 0.429. The summed E-state index contributed by atoms with van der Waals surface area (Å²) in [6.45, 7) is 1.05. The molecule has 1 fully saturated rings. The average Bonchev–Trinajstić information content (AvgIpc) is 2.38. The van der Waals surface area contributed by atoms with E-state index >= 15 is 0 Å². The minimum atomic E-state index is -0.798. The van der Waals surface area contributed by atoms with Crippen molar-refractivity contribution < 1.29 is 19.1 Å². The van der Waals surface area contributed by atoms with Gasteiger partial charge in [-0.2, -0.15) is 0 Å². The Kier molecular flexibility index (Phi) is 4.55. The van der Waals surface area contributed by atoms with Gasteiger partial charge in [-0.1, -0.05) is 6.07 Å². The Labute approximate surface area is 116 Å². The van der Waals surface area contributed by atoms with Crippen LogP contribution in [-0.4, -0.2) is 35.1 Å². The van der Waals surface area contributed by atoms with Crippen molar-refractivity contribution >= 4 is 17.7 Å². The number of carbonyl (C=O) groups is 2. The van der Waals surface area contributed by atoms with Gasteiger partial charge in [0.25, 0.3) is 0 Å². The van der Waals surface area contributed by atoms with Crippen LogP contribution in [0.2, 0.25) is 0 Å². The van der Waals surface area contributed by atoms with E-state index in [1.165, 1.54) is 18.2 Å². The molecule has 0 unspecified atom stereocenters. The highest BCUT2D eigenvalue weighted by Crippen LogP contribution is 2.21. The zero-order chi connectivity index (χ0) is 14.5. The first-order valence-corrected chi connectivity index (χ1v) is 6.58. The summed E-state index contributed by atoms with van der Waals surface area (Å²) in [4.78, 5) is 24.2. The number of rotatable bonds is 3. The normalized spacial score (nSPS) is 15.9. The van der Waals surface area contributed by atoms with Crippen molar-refractivity contribution in [2.75, 3.05) is 18.4 Å². The zero-order valence-corrected chi connectivity index (χ0v) is 11.0. The van der Waals surface area contributed by atoms with Crippen molar-refractivity contribution in [3.8, 4) is 0 Å². The summed E-state index contributed by atoms with van der Waals surface area (Å²) in [7, 11) is 0. The van der Waals surface area contributed by atoms with Gasteiger partial charge in [-0.05, 0) is 37.0 Å². The standard InChI is InChI=1S/C14H17FN2O3/c15-11-2-1-3-12(9-11)16-14(20)17-6-4-10(5-7-17)8-13(18)19/h1-3,9-10H,4-8H2,(H,16,20)(H,18,19). The molecule has 5 nitrogen and oxygen atoms in total. The number of urea groups is 1. The van der Waals surface area contributed by atoms with Crippen LogP contribution in [0.1, 0.15) is 19.3 Å². The van der Waals surface area contributed by atoms with Gasteiger partial charge < -0.3 is 15.3 Å². The fourth-order valence-electron chi connectivity index (χ4n) is 2.36. The predicted octanol–water partition coefficient (Wildman–Crippen LogP) is 2.54. The van der Waals surface area contributed by atoms with Gasteiger partial charge in [-0.3, -0.25) is 4.79 Å². The van der Waals surface area contributed by atoms with Crippen molar-refractivity contribution in [3.63, 3.8) is 0 Å². The highest BCUT2D eigenvalue weighted by atomic mass is 19.1. The first-order chi connectivity index (χ1) is 9.54. The van der Waals surface area contributed by atoms with Crippen LogP contribution in [0.5, 0.6) is 0 Å². The third-order valence-electron chi connectivity index (χ3n) is 3.44. The summed E-state index contributed by atoms with van der Waals surface area (Å²) < 4.78 is 13.0. The molecule has 2 rings (SSSR count). The summed E-state index contributed by atoms with van der Waals surface area (Å²) in [5, 5.41) is 11.4. The number of nitrogens with zero attached hydrogens (tertiary/aromatic N) is 1. The number of carboxylic acid groups (broad SMARTS) is 1. The summed E-state index contributed by atoms with van der Waals surface area (Å²) in [5.41, 5.74) is 0.419. The van der Waals surface area contributed by atoms with Gasteiger partial charge in [0.1, 0.15) is 5.82 Å². The van der Waals surface area contributed by atoms with E-state index in [1.54, 1.807) is 11.0 Å². The number of benzene rings is 1. The molecule has 2 N–H and O–H groups in total. The summed E-state index contributed by atoms with van der Waals surface area (Å²) >= 11 is 0. The smallest absolute Gasteiger partial charge is 0.321 e. The number of piperidine rings is 1. The van der Waals surface area contributed by atoms with Gasteiger partial charge in [0.05, 0.1) is 0 Å². The van der Waals surface area contributed by atoms with E-state index in [-0.39, 0.29) is 18.4 Å². The van der Waals surface area contributed by atoms with Gasteiger partial charge in [0, 0.05) is 25.2 Å². The summed E-state index contributed by atoms with van der Waals surface area (Å²) in [5.74, 6) is -1.07. The molecule has 108 valence electrons. The molecule has 2 amide bonds. The van der Waals surface area contributed by atoms with Gasteiger partial charge >= 0.3 is 12.0 Å². The number of nitrogens with one attached hydrogen (secondary N) is 1. The molecule has 1 aliphatic rings. The molecule has 1 heterocycles. The van der Waals surface area contributed by atoms with E-state index < -0.39 is 11.8 Å². The van der Waals surface area contributed by atoms with Crippen molar-refractivity contribution in [2.24, 2.45) is 5.92 Å². The topological polar surface area (TPSA) is 69.6 Å². The molecule has 0 bridgehead atoms. The second-order valence-corrected chi connectivity index (χ2v) is 4.97. The van der Waals surface area contributed by atoms with Crippen molar-refractivity contribution in [1.82, 2.24) is 4.90 Å². The zero-order valence-electron chi connectivity index (χ0n) is 11.0. The Balaban J connectivity index is 1.84. The Morgan fingerprint density at radius 3 is 2.65 bits per heavy atom. The Bertz CT molecular complexity index is 499.